The third-order valence-corrected chi connectivity index (χ3v) is 4.82. The third-order valence-electron chi connectivity index (χ3n) is 4.82. The highest BCUT2D eigenvalue weighted by Crippen LogP contribution is 2.17. The number of rotatable bonds is 15. The molecule has 1 aromatic carbocycles. The summed E-state index contributed by atoms with van der Waals surface area (Å²) in [7, 11) is 3.14. The van der Waals surface area contributed by atoms with Crippen LogP contribution in [0.5, 0.6) is 5.75 Å². The van der Waals surface area contributed by atoms with Crippen molar-refractivity contribution in [3.63, 3.8) is 0 Å². The average Bonchev–Trinajstić information content (AvgIpc) is 2.88. The Bertz CT molecular complexity index is 798. The molecule has 1 aromatic rings. The molecule has 0 saturated carbocycles. The lowest BCUT2D eigenvalue weighted by molar-refractivity contribution is -0.117. The standard InChI is InChI=1S/C26H38N2O5.C2H6/c1-5-6-7-8-9-17-28-26(30)33-24-15-12-22(13-16-24)20-23(14-11-21(2)32-4)25(29)27-18-10-19-31-3;1-2/h10-13,15-16,19-20H,5-9,14,17-18H2,1-4H3,(H,27,29)(H,28,30);1-2H3/b19-10+,21-11+,23-20+;. The van der Waals surface area contributed by atoms with Crippen LogP contribution in [-0.2, 0) is 14.3 Å². The molecule has 35 heavy (non-hydrogen) atoms. The number of methoxy groups -OCH3 is 2. The second-order valence-corrected chi connectivity index (χ2v) is 7.51. The molecule has 196 valence electrons. The smallest absolute Gasteiger partial charge is 0.412 e. The summed E-state index contributed by atoms with van der Waals surface area (Å²) in [4.78, 5) is 24.6. The van der Waals surface area contributed by atoms with Crippen LogP contribution < -0.4 is 15.4 Å². The lowest BCUT2D eigenvalue weighted by Crippen LogP contribution is -2.27. The topological polar surface area (TPSA) is 85.9 Å². The number of hydrogen-bond donors (Lipinski definition) is 2. The number of hydrogen-bond acceptors (Lipinski definition) is 5. The molecule has 0 saturated heterocycles. The summed E-state index contributed by atoms with van der Waals surface area (Å²) < 4.78 is 15.3. The van der Waals surface area contributed by atoms with Gasteiger partial charge in [0.25, 0.3) is 0 Å². The van der Waals surface area contributed by atoms with Crippen LogP contribution >= 0.6 is 0 Å². The van der Waals surface area contributed by atoms with Gasteiger partial charge in [-0.05, 0) is 55.7 Å². The molecule has 7 heteroatoms. The molecular formula is C28H44N2O5. The summed E-state index contributed by atoms with van der Waals surface area (Å²) in [6.07, 6.45) is 12.5. The van der Waals surface area contributed by atoms with Gasteiger partial charge in [0.1, 0.15) is 5.75 Å². The van der Waals surface area contributed by atoms with E-state index < -0.39 is 6.09 Å². The minimum Gasteiger partial charge on any atom is -0.505 e. The summed E-state index contributed by atoms with van der Waals surface area (Å²) in [5, 5.41) is 5.60. The number of amides is 2. The summed E-state index contributed by atoms with van der Waals surface area (Å²) in [6.45, 7) is 8.97. The van der Waals surface area contributed by atoms with Gasteiger partial charge in [0.15, 0.2) is 0 Å². The maximum Gasteiger partial charge on any atom is 0.412 e. The predicted octanol–water partition coefficient (Wildman–Crippen LogP) is 6.37. The molecular weight excluding hydrogens is 444 g/mol. The van der Waals surface area contributed by atoms with Gasteiger partial charge in [-0.2, -0.15) is 0 Å². The minimum atomic E-state index is -0.460. The van der Waals surface area contributed by atoms with Gasteiger partial charge in [0, 0.05) is 18.7 Å². The van der Waals surface area contributed by atoms with Gasteiger partial charge >= 0.3 is 6.09 Å². The Morgan fingerprint density at radius 2 is 1.66 bits per heavy atom. The Morgan fingerprint density at radius 1 is 0.971 bits per heavy atom. The Balaban J connectivity index is 0.00000562. The van der Waals surface area contributed by atoms with Crippen LogP contribution in [0.2, 0.25) is 0 Å². The summed E-state index contributed by atoms with van der Waals surface area (Å²) in [5.41, 5.74) is 1.39. The zero-order valence-corrected chi connectivity index (χ0v) is 22.3. The van der Waals surface area contributed by atoms with E-state index in [1.165, 1.54) is 25.5 Å². The molecule has 0 aromatic heterocycles. The molecule has 0 heterocycles. The maximum absolute atomic E-state index is 12.6. The van der Waals surface area contributed by atoms with Crippen molar-refractivity contribution >= 4 is 18.1 Å². The summed E-state index contributed by atoms with van der Waals surface area (Å²) in [5.74, 6) is 0.990. The summed E-state index contributed by atoms with van der Waals surface area (Å²) in [6, 6.07) is 7.02. The number of nitrogens with one attached hydrogen (secondary N) is 2. The lowest BCUT2D eigenvalue weighted by Gasteiger charge is -2.08. The Kier molecular flexibility index (Phi) is 19.4. The summed E-state index contributed by atoms with van der Waals surface area (Å²) >= 11 is 0. The molecule has 0 atom stereocenters. The second-order valence-electron chi connectivity index (χ2n) is 7.51. The first-order chi connectivity index (χ1) is 17.0. The molecule has 0 bridgehead atoms. The van der Waals surface area contributed by atoms with Crippen molar-refractivity contribution in [2.75, 3.05) is 27.3 Å². The minimum absolute atomic E-state index is 0.186. The molecule has 0 spiro atoms. The van der Waals surface area contributed by atoms with Crippen LogP contribution in [0.1, 0.15) is 71.8 Å². The monoisotopic (exact) mass is 488 g/mol. The Morgan fingerprint density at radius 3 is 2.29 bits per heavy atom. The van der Waals surface area contributed by atoms with E-state index in [9.17, 15) is 9.59 Å². The second kappa shape index (κ2) is 21.3. The largest absolute Gasteiger partial charge is 0.505 e. The van der Waals surface area contributed by atoms with Gasteiger partial charge in [0.2, 0.25) is 5.91 Å². The van der Waals surface area contributed by atoms with E-state index in [-0.39, 0.29) is 5.91 Å². The van der Waals surface area contributed by atoms with Gasteiger partial charge in [-0.1, -0.05) is 58.6 Å². The number of benzene rings is 1. The molecule has 0 aliphatic carbocycles. The predicted molar refractivity (Wildman–Crippen MR) is 143 cm³/mol. The van der Waals surface area contributed by atoms with E-state index in [0.717, 1.165) is 24.2 Å². The fourth-order valence-electron chi connectivity index (χ4n) is 2.86. The van der Waals surface area contributed by atoms with Gasteiger partial charge in [-0.15, -0.1) is 0 Å². The van der Waals surface area contributed by atoms with Crippen molar-refractivity contribution in [1.82, 2.24) is 10.6 Å². The van der Waals surface area contributed by atoms with Crippen molar-refractivity contribution in [2.24, 2.45) is 0 Å². The highest BCUT2D eigenvalue weighted by atomic mass is 16.6. The highest BCUT2D eigenvalue weighted by Gasteiger charge is 2.09. The molecule has 2 N–H and O–H groups in total. The average molecular weight is 489 g/mol. The van der Waals surface area contributed by atoms with Gasteiger partial charge in [0.05, 0.1) is 26.2 Å². The molecule has 2 amide bonds. The van der Waals surface area contributed by atoms with Crippen molar-refractivity contribution < 1.29 is 23.8 Å². The van der Waals surface area contributed by atoms with E-state index in [4.69, 9.17) is 14.2 Å². The number of carbonyl (C=O) groups is 2. The van der Waals surface area contributed by atoms with Gasteiger partial charge in [-0.3, -0.25) is 4.79 Å². The number of ether oxygens (including phenoxy) is 3. The van der Waals surface area contributed by atoms with Crippen molar-refractivity contribution in [3.05, 3.63) is 59.6 Å². The Labute approximate surface area is 211 Å². The normalized spacial score (nSPS) is 11.4. The van der Waals surface area contributed by atoms with Gasteiger partial charge in [-0.25, -0.2) is 4.79 Å². The van der Waals surface area contributed by atoms with E-state index >= 15 is 0 Å². The molecule has 1 rings (SSSR count). The molecule has 7 nitrogen and oxygen atoms in total. The van der Waals surface area contributed by atoms with Crippen LogP contribution in [0.3, 0.4) is 0 Å². The van der Waals surface area contributed by atoms with Crippen molar-refractivity contribution in [3.8, 4) is 5.75 Å². The third kappa shape index (κ3) is 16.1. The van der Waals surface area contributed by atoms with Crippen LogP contribution in [0.15, 0.2) is 54.0 Å². The van der Waals surface area contributed by atoms with E-state index in [2.05, 4.69) is 17.6 Å². The first-order valence-electron chi connectivity index (χ1n) is 12.4. The maximum atomic E-state index is 12.6. The SMILES string of the molecule is CC.CCCCCCCNC(=O)Oc1ccc(/C=C(\C/C=C(\C)OC)C(=O)NC/C=C/OC)cc1. The molecule has 0 aliphatic heterocycles. The Hall–Kier alpha value is -3.22. The van der Waals surface area contributed by atoms with E-state index in [1.807, 2.05) is 26.8 Å². The first kappa shape index (κ1) is 31.8. The highest BCUT2D eigenvalue weighted by molar-refractivity contribution is 5.98. The fraction of sp³-hybridized carbons (Fsp3) is 0.500. The van der Waals surface area contributed by atoms with E-state index in [0.29, 0.717) is 30.8 Å². The van der Waals surface area contributed by atoms with Crippen LogP contribution in [0.4, 0.5) is 4.79 Å². The number of carbonyl (C=O) groups excluding carboxylic acids is 2. The quantitative estimate of drug-likeness (QED) is 0.170. The van der Waals surface area contributed by atoms with Crippen LogP contribution in [0, 0.1) is 0 Å². The molecule has 0 unspecified atom stereocenters. The van der Waals surface area contributed by atoms with Crippen molar-refractivity contribution in [1.29, 1.82) is 0 Å². The van der Waals surface area contributed by atoms with Crippen LogP contribution in [-0.4, -0.2) is 39.3 Å². The first-order valence-corrected chi connectivity index (χ1v) is 12.4. The zero-order chi connectivity index (χ0) is 26.3. The lowest BCUT2D eigenvalue weighted by atomic mass is 10.1. The zero-order valence-electron chi connectivity index (χ0n) is 22.3. The number of allylic oxidation sites excluding steroid dienone is 2. The fourth-order valence-corrected chi connectivity index (χ4v) is 2.86. The molecule has 0 aliphatic rings. The van der Waals surface area contributed by atoms with Gasteiger partial charge < -0.3 is 24.8 Å². The van der Waals surface area contributed by atoms with E-state index in [1.54, 1.807) is 50.6 Å². The molecule has 0 radical (unpaired) electrons. The number of unbranched alkanes of at least 4 members (excludes halogenated alkanes) is 4. The molecule has 0 fully saturated rings. The van der Waals surface area contributed by atoms with Crippen molar-refractivity contribution in [2.45, 2.75) is 66.2 Å². The van der Waals surface area contributed by atoms with Crippen LogP contribution in [0.25, 0.3) is 6.08 Å².